The molecule has 5 nitrogen and oxygen atoms in total. The highest BCUT2D eigenvalue weighted by Gasteiger charge is 2.47. The first-order valence-corrected chi connectivity index (χ1v) is 16.2. The molecule has 1 unspecified atom stereocenters. The maximum atomic E-state index is 12.4. The predicted molar refractivity (Wildman–Crippen MR) is 149 cm³/mol. The SMILES string of the molecule is CC[Si](CC)(CC)OC1Cc2c(OC)cc3c(c2O[C@@]1(C)CC/C=C(\C)CCC=C(C)C)COC3=O. The lowest BCUT2D eigenvalue weighted by atomic mass is 9.84. The van der Waals surface area contributed by atoms with Crippen LogP contribution >= 0.6 is 0 Å². The Labute approximate surface area is 219 Å². The number of fused-ring (bicyclic) bond motifs is 3. The van der Waals surface area contributed by atoms with Gasteiger partial charge in [-0.1, -0.05) is 44.1 Å². The fourth-order valence-electron chi connectivity index (χ4n) is 5.44. The third kappa shape index (κ3) is 6.08. The molecular formula is C30H46O5Si. The smallest absolute Gasteiger partial charge is 0.339 e. The summed E-state index contributed by atoms with van der Waals surface area (Å²) in [5.74, 6) is 1.14. The number of esters is 1. The monoisotopic (exact) mass is 514 g/mol. The van der Waals surface area contributed by atoms with Gasteiger partial charge in [0.05, 0.1) is 18.8 Å². The van der Waals surface area contributed by atoms with Gasteiger partial charge in [0.1, 0.15) is 23.7 Å². The van der Waals surface area contributed by atoms with Crippen LogP contribution in [-0.4, -0.2) is 33.1 Å². The van der Waals surface area contributed by atoms with E-state index in [1.54, 1.807) is 7.11 Å². The zero-order valence-electron chi connectivity index (χ0n) is 23.7. The molecule has 0 saturated carbocycles. The second-order valence-corrected chi connectivity index (χ2v) is 15.6. The van der Waals surface area contributed by atoms with Gasteiger partial charge in [-0.3, -0.25) is 0 Å². The molecule has 0 saturated heterocycles. The number of methoxy groups -OCH3 is 1. The predicted octanol–water partition coefficient (Wildman–Crippen LogP) is 7.92. The lowest BCUT2D eigenvalue weighted by molar-refractivity contribution is -0.0522. The van der Waals surface area contributed by atoms with Gasteiger partial charge in [0.25, 0.3) is 0 Å². The molecule has 0 amide bonds. The molecule has 2 atom stereocenters. The third-order valence-corrected chi connectivity index (χ3v) is 12.8. The molecule has 0 aromatic heterocycles. The largest absolute Gasteiger partial charge is 0.496 e. The maximum absolute atomic E-state index is 12.4. The molecule has 2 heterocycles. The Morgan fingerprint density at radius 3 is 2.42 bits per heavy atom. The standard InChI is InChI=1S/C30H46O5Si/c1-9-36(10-2,11-3)35-27-19-24-26(32-8)18-23-25(20-33-29(23)31)28(24)34-30(27,7)17-13-16-22(6)15-12-14-21(4)5/h14,16,18,27H,9-13,15,17,19-20H2,1-8H3/b22-16+/t27?,30-/m0/s1. The van der Waals surface area contributed by atoms with Crippen LogP contribution < -0.4 is 9.47 Å². The van der Waals surface area contributed by atoms with Crippen molar-refractivity contribution in [2.24, 2.45) is 0 Å². The van der Waals surface area contributed by atoms with Crippen molar-refractivity contribution in [3.63, 3.8) is 0 Å². The molecule has 0 fully saturated rings. The molecule has 0 N–H and O–H groups in total. The summed E-state index contributed by atoms with van der Waals surface area (Å²) in [5.41, 5.74) is 4.67. The van der Waals surface area contributed by atoms with Crippen molar-refractivity contribution in [2.45, 2.75) is 117 Å². The quantitative estimate of drug-likeness (QED) is 0.161. The number of hydrogen-bond acceptors (Lipinski definition) is 5. The lowest BCUT2D eigenvalue weighted by Crippen LogP contribution is -2.55. The molecule has 0 aliphatic carbocycles. The average molecular weight is 515 g/mol. The number of rotatable bonds is 12. The summed E-state index contributed by atoms with van der Waals surface area (Å²) in [6, 6.07) is 5.08. The molecule has 36 heavy (non-hydrogen) atoms. The topological polar surface area (TPSA) is 54.0 Å². The van der Waals surface area contributed by atoms with E-state index in [1.807, 2.05) is 6.07 Å². The van der Waals surface area contributed by atoms with Gasteiger partial charge in [0.15, 0.2) is 8.32 Å². The van der Waals surface area contributed by atoms with Gasteiger partial charge in [-0.15, -0.1) is 0 Å². The highest BCUT2D eigenvalue weighted by molar-refractivity contribution is 6.73. The Kier molecular flexibility index (Phi) is 9.50. The lowest BCUT2D eigenvalue weighted by Gasteiger charge is -2.47. The van der Waals surface area contributed by atoms with Crippen molar-refractivity contribution in [2.75, 3.05) is 7.11 Å². The first kappa shape index (κ1) is 28.5. The van der Waals surface area contributed by atoms with Gasteiger partial charge < -0.3 is 18.6 Å². The summed E-state index contributed by atoms with van der Waals surface area (Å²) >= 11 is 0. The highest BCUT2D eigenvalue weighted by Crippen LogP contribution is 2.47. The molecule has 2 aliphatic heterocycles. The molecule has 1 aromatic rings. The Hall–Kier alpha value is -2.05. The van der Waals surface area contributed by atoms with E-state index in [0.717, 1.165) is 60.7 Å². The Morgan fingerprint density at radius 2 is 1.81 bits per heavy atom. The van der Waals surface area contributed by atoms with Crippen molar-refractivity contribution < 1.29 is 23.4 Å². The Bertz CT molecular complexity index is 995. The van der Waals surface area contributed by atoms with Gasteiger partial charge in [-0.25, -0.2) is 4.79 Å². The first-order valence-electron chi connectivity index (χ1n) is 13.7. The maximum Gasteiger partial charge on any atom is 0.339 e. The van der Waals surface area contributed by atoms with Gasteiger partial charge in [-0.2, -0.15) is 0 Å². The van der Waals surface area contributed by atoms with Gasteiger partial charge in [0, 0.05) is 17.5 Å². The molecule has 1 aromatic carbocycles. The van der Waals surface area contributed by atoms with E-state index in [-0.39, 0.29) is 18.7 Å². The Balaban J connectivity index is 1.94. The molecule has 200 valence electrons. The van der Waals surface area contributed by atoms with Crippen LogP contribution in [0.1, 0.15) is 95.6 Å². The minimum absolute atomic E-state index is 0.0686. The zero-order valence-corrected chi connectivity index (χ0v) is 24.7. The van der Waals surface area contributed by atoms with E-state index in [9.17, 15) is 4.79 Å². The average Bonchev–Trinajstić information content (AvgIpc) is 3.22. The fourth-order valence-corrected chi connectivity index (χ4v) is 8.37. The third-order valence-electron chi connectivity index (χ3n) is 8.19. The zero-order chi connectivity index (χ0) is 26.5. The molecule has 2 aliphatic rings. The number of carbonyl (C=O) groups excluding carboxylic acids is 1. The second kappa shape index (κ2) is 12.0. The molecule has 0 spiro atoms. The first-order chi connectivity index (χ1) is 17.1. The van der Waals surface area contributed by atoms with Crippen molar-refractivity contribution >= 4 is 14.3 Å². The van der Waals surface area contributed by atoms with Crippen LogP contribution in [-0.2, 0) is 22.2 Å². The summed E-state index contributed by atoms with van der Waals surface area (Å²) in [6.07, 6.45) is 9.22. The summed E-state index contributed by atoms with van der Waals surface area (Å²) in [4.78, 5) is 12.4. The molecule has 6 heteroatoms. The minimum atomic E-state index is -1.88. The van der Waals surface area contributed by atoms with E-state index in [2.05, 4.69) is 60.6 Å². The summed E-state index contributed by atoms with van der Waals surface area (Å²) in [5, 5.41) is 0. The van der Waals surface area contributed by atoms with Gasteiger partial charge in [-0.05, 0) is 77.6 Å². The van der Waals surface area contributed by atoms with E-state index < -0.39 is 13.9 Å². The van der Waals surface area contributed by atoms with Crippen molar-refractivity contribution in [3.05, 3.63) is 46.1 Å². The number of hydrogen-bond donors (Lipinski definition) is 0. The van der Waals surface area contributed by atoms with Crippen molar-refractivity contribution in [1.82, 2.24) is 0 Å². The number of ether oxygens (including phenoxy) is 3. The number of carbonyl (C=O) groups is 1. The molecule has 3 rings (SSSR count). The highest BCUT2D eigenvalue weighted by atomic mass is 28.4. The Morgan fingerprint density at radius 1 is 1.11 bits per heavy atom. The van der Waals surface area contributed by atoms with Crippen LogP contribution in [0, 0.1) is 0 Å². The van der Waals surface area contributed by atoms with Crippen LogP contribution in [0.2, 0.25) is 18.1 Å². The molecule has 0 radical (unpaired) electrons. The van der Waals surface area contributed by atoms with E-state index in [1.165, 1.54) is 11.1 Å². The van der Waals surface area contributed by atoms with Crippen LogP contribution in [0.15, 0.2) is 29.4 Å². The second-order valence-electron chi connectivity index (χ2n) is 10.9. The van der Waals surface area contributed by atoms with Gasteiger partial charge >= 0.3 is 5.97 Å². The summed E-state index contributed by atoms with van der Waals surface area (Å²) < 4.78 is 25.1. The fraction of sp³-hybridized carbons (Fsp3) is 0.633. The van der Waals surface area contributed by atoms with E-state index >= 15 is 0 Å². The van der Waals surface area contributed by atoms with E-state index in [0.29, 0.717) is 17.7 Å². The molecule has 0 bridgehead atoms. The van der Waals surface area contributed by atoms with Crippen molar-refractivity contribution in [3.8, 4) is 11.5 Å². The number of cyclic esters (lactones) is 1. The number of benzene rings is 1. The van der Waals surface area contributed by atoms with Crippen LogP contribution in [0.3, 0.4) is 0 Å². The number of allylic oxidation sites excluding steroid dienone is 4. The summed E-state index contributed by atoms with van der Waals surface area (Å²) in [6.45, 7) is 15.8. The van der Waals surface area contributed by atoms with Crippen LogP contribution in [0.4, 0.5) is 0 Å². The van der Waals surface area contributed by atoms with Gasteiger partial charge in [0.2, 0.25) is 0 Å². The summed E-state index contributed by atoms with van der Waals surface area (Å²) in [7, 11) is -0.234. The minimum Gasteiger partial charge on any atom is -0.496 e. The normalized spacial score (nSPS) is 21.4. The van der Waals surface area contributed by atoms with E-state index in [4.69, 9.17) is 18.6 Å². The molecular weight excluding hydrogens is 468 g/mol. The van der Waals surface area contributed by atoms with Crippen LogP contribution in [0.25, 0.3) is 0 Å². The van der Waals surface area contributed by atoms with Crippen LogP contribution in [0.5, 0.6) is 11.5 Å². The van der Waals surface area contributed by atoms with Crippen molar-refractivity contribution in [1.29, 1.82) is 0 Å².